The molecule has 0 aliphatic rings. The average Bonchev–Trinajstić information content (AvgIpc) is 2.48. The minimum absolute atomic E-state index is 0.00503. The molecular formula is C16H23NO4. The van der Waals surface area contributed by atoms with Gasteiger partial charge in [-0.05, 0) is 31.0 Å². The van der Waals surface area contributed by atoms with Gasteiger partial charge in [0.25, 0.3) is 0 Å². The summed E-state index contributed by atoms with van der Waals surface area (Å²) in [6.07, 6.45) is 0.612. The maximum Gasteiger partial charge on any atom is 0.305 e. The van der Waals surface area contributed by atoms with Crippen molar-refractivity contribution in [3.63, 3.8) is 0 Å². The molecule has 1 unspecified atom stereocenters. The van der Waals surface area contributed by atoms with E-state index in [0.29, 0.717) is 13.0 Å². The molecular weight excluding hydrogens is 270 g/mol. The molecule has 0 radical (unpaired) electrons. The molecule has 5 nitrogen and oxygen atoms in total. The first kappa shape index (κ1) is 17.0. The van der Waals surface area contributed by atoms with Gasteiger partial charge in [0.15, 0.2) is 0 Å². The van der Waals surface area contributed by atoms with Gasteiger partial charge in [-0.25, -0.2) is 0 Å². The number of nitrogens with zero attached hydrogens (tertiary/aromatic N) is 1. The topological polar surface area (TPSA) is 66.8 Å². The Hall–Kier alpha value is -2.04. The van der Waals surface area contributed by atoms with Crippen LogP contribution in [0.5, 0.6) is 5.75 Å². The van der Waals surface area contributed by atoms with Gasteiger partial charge in [0.2, 0.25) is 5.91 Å². The number of amides is 1. The van der Waals surface area contributed by atoms with Crippen molar-refractivity contribution >= 4 is 11.9 Å². The van der Waals surface area contributed by atoms with E-state index in [9.17, 15) is 9.59 Å². The number of hydrogen-bond acceptors (Lipinski definition) is 3. The van der Waals surface area contributed by atoms with Crippen LogP contribution < -0.4 is 4.74 Å². The van der Waals surface area contributed by atoms with E-state index in [1.54, 1.807) is 12.0 Å². The SMILES string of the molecule is CCN(CCC(=O)O)C(=O)C(C)Cc1ccc(OC)cc1. The summed E-state index contributed by atoms with van der Waals surface area (Å²) in [5.74, 6) is -0.278. The number of carbonyl (C=O) groups is 2. The summed E-state index contributed by atoms with van der Waals surface area (Å²) < 4.78 is 5.10. The van der Waals surface area contributed by atoms with E-state index in [0.717, 1.165) is 11.3 Å². The van der Waals surface area contributed by atoms with E-state index in [2.05, 4.69) is 0 Å². The largest absolute Gasteiger partial charge is 0.497 e. The van der Waals surface area contributed by atoms with Crippen molar-refractivity contribution in [2.75, 3.05) is 20.2 Å². The number of carbonyl (C=O) groups excluding carboxylic acids is 1. The summed E-state index contributed by atoms with van der Waals surface area (Å²) >= 11 is 0. The van der Waals surface area contributed by atoms with Gasteiger partial charge in [-0.1, -0.05) is 19.1 Å². The number of methoxy groups -OCH3 is 1. The van der Waals surface area contributed by atoms with Gasteiger partial charge in [0.1, 0.15) is 5.75 Å². The van der Waals surface area contributed by atoms with E-state index in [1.807, 2.05) is 38.1 Å². The second-order valence-corrected chi connectivity index (χ2v) is 5.01. The number of aliphatic carboxylic acids is 1. The van der Waals surface area contributed by atoms with Gasteiger partial charge < -0.3 is 14.7 Å². The van der Waals surface area contributed by atoms with Gasteiger partial charge >= 0.3 is 5.97 Å². The Morgan fingerprint density at radius 2 is 1.90 bits per heavy atom. The van der Waals surface area contributed by atoms with Crippen LogP contribution in [-0.4, -0.2) is 42.1 Å². The number of benzene rings is 1. The molecule has 1 atom stereocenters. The fourth-order valence-corrected chi connectivity index (χ4v) is 2.17. The number of carboxylic acids is 1. The molecule has 1 rings (SSSR count). The van der Waals surface area contributed by atoms with Gasteiger partial charge in [-0.2, -0.15) is 0 Å². The first-order chi connectivity index (χ1) is 9.97. The first-order valence-corrected chi connectivity index (χ1v) is 7.11. The van der Waals surface area contributed by atoms with Crippen LogP contribution in [0.4, 0.5) is 0 Å². The zero-order valence-corrected chi connectivity index (χ0v) is 12.8. The summed E-state index contributed by atoms with van der Waals surface area (Å²) in [7, 11) is 1.61. The molecule has 0 aliphatic carbocycles. The highest BCUT2D eigenvalue weighted by molar-refractivity contribution is 5.79. The fraction of sp³-hybridized carbons (Fsp3) is 0.500. The summed E-state index contributed by atoms with van der Waals surface area (Å²) in [4.78, 5) is 24.5. The molecule has 1 aromatic rings. The van der Waals surface area contributed by atoms with Gasteiger partial charge in [0.05, 0.1) is 13.5 Å². The van der Waals surface area contributed by atoms with Crippen LogP contribution in [0.25, 0.3) is 0 Å². The lowest BCUT2D eigenvalue weighted by Crippen LogP contribution is -2.37. The predicted octanol–water partition coefficient (Wildman–Crippen LogP) is 2.20. The standard InChI is InChI=1S/C16H23NO4/c1-4-17(10-9-15(18)19)16(20)12(2)11-13-5-7-14(21-3)8-6-13/h5-8,12H,4,9-11H2,1-3H3,(H,18,19). The maximum absolute atomic E-state index is 12.3. The van der Waals surface area contributed by atoms with Crippen LogP contribution in [0.2, 0.25) is 0 Å². The molecule has 0 saturated heterocycles. The van der Waals surface area contributed by atoms with E-state index in [4.69, 9.17) is 9.84 Å². The van der Waals surface area contributed by atoms with Crippen LogP contribution >= 0.6 is 0 Å². The molecule has 5 heteroatoms. The van der Waals surface area contributed by atoms with E-state index in [-0.39, 0.29) is 24.8 Å². The molecule has 1 amide bonds. The van der Waals surface area contributed by atoms with Crippen molar-refractivity contribution in [1.82, 2.24) is 4.90 Å². The van der Waals surface area contributed by atoms with Crippen LogP contribution in [0, 0.1) is 5.92 Å². The highest BCUT2D eigenvalue weighted by Gasteiger charge is 2.20. The molecule has 0 saturated carbocycles. The van der Waals surface area contributed by atoms with Gasteiger partial charge in [0, 0.05) is 19.0 Å². The Balaban J connectivity index is 2.60. The quantitative estimate of drug-likeness (QED) is 0.798. The monoisotopic (exact) mass is 293 g/mol. The van der Waals surface area contributed by atoms with Crippen molar-refractivity contribution < 1.29 is 19.4 Å². The lowest BCUT2D eigenvalue weighted by Gasteiger charge is -2.24. The Kier molecular flexibility index (Phi) is 6.72. The number of ether oxygens (including phenoxy) is 1. The molecule has 0 fully saturated rings. The van der Waals surface area contributed by atoms with Gasteiger partial charge in [-0.3, -0.25) is 9.59 Å². The molecule has 0 aromatic heterocycles. The van der Waals surface area contributed by atoms with Gasteiger partial charge in [-0.15, -0.1) is 0 Å². The molecule has 0 bridgehead atoms. The minimum atomic E-state index is -0.885. The Morgan fingerprint density at radius 3 is 2.38 bits per heavy atom. The third-order valence-corrected chi connectivity index (χ3v) is 3.41. The average molecular weight is 293 g/mol. The third kappa shape index (κ3) is 5.45. The van der Waals surface area contributed by atoms with Crippen LogP contribution in [-0.2, 0) is 16.0 Å². The minimum Gasteiger partial charge on any atom is -0.497 e. The van der Waals surface area contributed by atoms with Crippen LogP contribution in [0.1, 0.15) is 25.8 Å². The second-order valence-electron chi connectivity index (χ2n) is 5.01. The highest BCUT2D eigenvalue weighted by atomic mass is 16.5. The Bertz CT molecular complexity index is 470. The molecule has 0 aliphatic heterocycles. The van der Waals surface area contributed by atoms with Crippen molar-refractivity contribution in [3.05, 3.63) is 29.8 Å². The number of rotatable bonds is 8. The predicted molar refractivity (Wildman–Crippen MR) is 80.4 cm³/mol. The van der Waals surface area contributed by atoms with E-state index < -0.39 is 5.97 Å². The third-order valence-electron chi connectivity index (χ3n) is 3.41. The molecule has 0 spiro atoms. The highest BCUT2D eigenvalue weighted by Crippen LogP contribution is 2.16. The van der Waals surface area contributed by atoms with Crippen LogP contribution in [0.15, 0.2) is 24.3 Å². The fourth-order valence-electron chi connectivity index (χ4n) is 2.17. The zero-order valence-electron chi connectivity index (χ0n) is 12.8. The smallest absolute Gasteiger partial charge is 0.305 e. The van der Waals surface area contributed by atoms with E-state index in [1.165, 1.54) is 0 Å². The molecule has 21 heavy (non-hydrogen) atoms. The summed E-state index contributed by atoms with van der Waals surface area (Å²) in [6, 6.07) is 7.62. The lowest BCUT2D eigenvalue weighted by atomic mass is 9.99. The summed E-state index contributed by atoms with van der Waals surface area (Å²) in [5.41, 5.74) is 1.06. The van der Waals surface area contributed by atoms with Crippen molar-refractivity contribution in [3.8, 4) is 5.75 Å². The Morgan fingerprint density at radius 1 is 1.29 bits per heavy atom. The Labute approximate surface area is 125 Å². The number of hydrogen-bond donors (Lipinski definition) is 1. The van der Waals surface area contributed by atoms with Crippen molar-refractivity contribution in [2.45, 2.75) is 26.7 Å². The molecule has 0 heterocycles. The van der Waals surface area contributed by atoms with Crippen molar-refractivity contribution in [2.24, 2.45) is 5.92 Å². The maximum atomic E-state index is 12.3. The summed E-state index contributed by atoms with van der Waals surface area (Å²) in [6.45, 7) is 4.52. The molecule has 1 aromatic carbocycles. The molecule has 1 N–H and O–H groups in total. The normalized spacial score (nSPS) is 11.8. The van der Waals surface area contributed by atoms with Crippen LogP contribution in [0.3, 0.4) is 0 Å². The molecule has 116 valence electrons. The van der Waals surface area contributed by atoms with Crippen molar-refractivity contribution in [1.29, 1.82) is 0 Å². The van der Waals surface area contributed by atoms with E-state index >= 15 is 0 Å². The zero-order chi connectivity index (χ0) is 15.8. The second kappa shape index (κ2) is 8.29. The first-order valence-electron chi connectivity index (χ1n) is 7.11. The lowest BCUT2D eigenvalue weighted by molar-refractivity contribution is -0.139. The summed E-state index contributed by atoms with van der Waals surface area (Å²) in [5, 5.41) is 8.71. The number of carboxylic acid groups (broad SMARTS) is 1.